The predicted octanol–water partition coefficient (Wildman–Crippen LogP) is 3.92. The van der Waals surface area contributed by atoms with Crippen molar-refractivity contribution >= 4 is 33.4 Å². The zero-order valence-corrected chi connectivity index (χ0v) is 13.1. The summed E-state index contributed by atoms with van der Waals surface area (Å²) in [5.74, 6) is -0.0906. The second-order valence-corrected chi connectivity index (χ2v) is 5.82. The average molecular weight is 303 g/mol. The van der Waals surface area contributed by atoms with Gasteiger partial charge in [-0.25, -0.2) is 0 Å². The summed E-state index contributed by atoms with van der Waals surface area (Å²) in [4.78, 5) is 12.6. The lowest BCUT2D eigenvalue weighted by Crippen LogP contribution is -2.12. The van der Waals surface area contributed by atoms with Crippen LogP contribution in [0.25, 0.3) is 21.8 Å². The van der Waals surface area contributed by atoms with E-state index < -0.39 is 0 Å². The van der Waals surface area contributed by atoms with Gasteiger partial charge in [0.1, 0.15) is 0 Å². The third kappa shape index (κ3) is 2.19. The molecule has 4 rings (SSSR count). The molecule has 4 aromatic rings. The van der Waals surface area contributed by atoms with Crippen molar-refractivity contribution in [3.8, 4) is 0 Å². The summed E-state index contributed by atoms with van der Waals surface area (Å²) in [5.41, 5.74) is 3.71. The van der Waals surface area contributed by atoms with Gasteiger partial charge in [0.2, 0.25) is 0 Å². The normalized spacial score (nSPS) is 11.2. The van der Waals surface area contributed by atoms with E-state index >= 15 is 0 Å². The van der Waals surface area contributed by atoms with E-state index in [9.17, 15) is 4.79 Å². The molecule has 23 heavy (non-hydrogen) atoms. The van der Waals surface area contributed by atoms with Gasteiger partial charge in [0.05, 0.1) is 5.69 Å². The summed E-state index contributed by atoms with van der Waals surface area (Å²) in [5, 5.41) is 5.14. The smallest absolute Gasteiger partial charge is 0.255 e. The minimum atomic E-state index is -0.0906. The highest BCUT2D eigenvalue weighted by molar-refractivity contribution is 6.10. The Morgan fingerprint density at radius 2 is 1.70 bits per heavy atom. The number of rotatable bonds is 2. The number of carbonyl (C=O) groups excluding carboxylic acids is 1. The summed E-state index contributed by atoms with van der Waals surface area (Å²) < 4.78 is 4.09. The zero-order valence-electron chi connectivity index (χ0n) is 13.1. The number of aryl methyl sites for hydroxylation is 2. The van der Waals surface area contributed by atoms with Gasteiger partial charge in [-0.3, -0.25) is 4.79 Å². The maximum Gasteiger partial charge on any atom is 0.255 e. The number of anilines is 1. The lowest BCUT2D eigenvalue weighted by molar-refractivity contribution is 0.102. The van der Waals surface area contributed by atoms with Gasteiger partial charge in [-0.2, -0.15) is 0 Å². The van der Waals surface area contributed by atoms with Gasteiger partial charge in [-0.15, -0.1) is 0 Å². The van der Waals surface area contributed by atoms with Crippen molar-refractivity contribution in [2.24, 2.45) is 14.1 Å². The van der Waals surface area contributed by atoms with E-state index in [2.05, 4.69) is 5.32 Å². The van der Waals surface area contributed by atoms with E-state index in [-0.39, 0.29) is 5.91 Å². The Morgan fingerprint density at radius 1 is 0.913 bits per heavy atom. The number of carbonyl (C=O) groups is 1. The van der Waals surface area contributed by atoms with Crippen molar-refractivity contribution in [1.82, 2.24) is 9.13 Å². The molecule has 2 aromatic heterocycles. The second kappa shape index (κ2) is 5.02. The molecule has 4 nitrogen and oxygen atoms in total. The third-order valence-corrected chi connectivity index (χ3v) is 4.32. The topological polar surface area (TPSA) is 39.0 Å². The highest BCUT2D eigenvalue weighted by Crippen LogP contribution is 2.25. The molecular formula is C19H17N3O. The number of hydrogen-bond acceptors (Lipinski definition) is 1. The van der Waals surface area contributed by atoms with Crippen LogP contribution in [0.2, 0.25) is 0 Å². The number of fused-ring (bicyclic) bond motifs is 2. The summed E-state index contributed by atoms with van der Waals surface area (Å²) in [6, 6.07) is 15.7. The van der Waals surface area contributed by atoms with Gasteiger partial charge in [-0.05, 0) is 42.5 Å². The lowest BCUT2D eigenvalue weighted by atomic mass is 10.1. The van der Waals surface area contributed by atoms with E-state index in [1.165, 1.54) is 0 Å². The molecule has 0 aliphatic heterocycles. The maximum absolute atomic E-state index is 12.6. The highest BCUT2D eigenvalue weighted by atomic mass is 16.1. The first kappa shape index (κ1) is 13.6. The van der Waals surface area contributed by atoms with Crippen molar-refractivity contribution < 1.29 is 4.79 Å². The summed E-state index contributed by atoms with van der Waals surface area (Å²) >= 11 is 0. The first-order chi connectivity index (χ1) is 11.1. The van der Waals surface area contributed by atoms with E-state index in [1.54, 1.807) is 0 Å². The van der Waals surface area contributed by atoms with Gasteiger partial charge in [-0.1, -0.05) is 6.07 Å². The fraction of sp³-hybridized carbons (Fsp3) is 0.105. The predicted molar refractivity (Wildman–Crippen MR) is 93.8 cm³/mol. The van der Waals surface area contributed by atoms with Crippen molar-refractivity contribution in [2.75, 3.05) is 5.32 Å². The van der Waals surface area contributed by atoms with Gasteiger partial charge in [0, 0.05) is 53.9 Å². The van der Waals surface area contributed by atoms with Crippen LogP contribution < -0.4 is 5.32 Å². The summed E-state index contributed by atoms with van der Waals surface area (Å²) in [6.07, 6.45) is 3.99. The molecule has 0 saturated carbocycles. The molecule has 1 amide bonds. The number of benzene rings is 2. The Hall–Kier alpha value is -3.01. The van der Waals surface area contributed by atoms with E-state index in [0.29, 0.717) is 5.56 Å². The monoisotopic (exact) mass is 303 g/mol. The molecule has 0 aliphatic rings. The standard InChI is InChI=1S/C19H17N3O/c1-21-10-8-13-12-14(6-7-17(13)21)19(23)20-16-4-3-5-18-15(16)9-11-22(18)2/h3-12H,1-2H3,(H,20,23). The van der Waals surface area contributed by atoms with Crippen LogP contribution in [0.3, 0.4) is 0 Å². The first-order valence-electron chi connectivity index (χ1n) is 7.54. The van der Waals surface area contributed by atoms with Crippen LogP contribution in [0.4, 0.5) is 5.69 Å². The quantitative estimate of drug-likeness (QED) is 0.599. The molecule has 114 valence electrons. The van der Waals surface area contributed by atoms with E-state index in [0.717, 1.165) is 27.5 Å². The Labute approximate surface area is 133 Å². The number of amides is 1. The van der Waals surface area contributed by atoms with Gasteiger partial charge < -0.3 is 14.5 Å². The summed E-state index contributed by atoms with van der Waals surface area (Å²) in [7, 11) is 4.00. The Kier molecular flexibility index (Phi) is 2.98. The average Bonchev–Trinajstić information content (AvgIpc) is 3.12. The van der Waals surface area contributed by atoms with Crippen molar-refractivity contribution in [3.63, 3.8) is 0 Å². The van der Waals surface area contributed by atoms with E-state index in [1.807, 2.05) is 84.2 Å². The van der Waals surface area contributed by atoms with Crippen LogP contribution in [-0.4, -0.2) is 15.0 Å². The molecule has 0 spiro atoms. The summed E-state index contributed by atoms with van der Waals surface area (Å²) in [6.45, 7) is 0. The van der Waals surface area contributed by atoms with Crippen molar-refractivity contribution in [1.29, 1.82) is 0 Å². The zero-order chi connectivity index (χ0) is 16.0. The Balaban J connectivity index is 1.70. The van der Waals surface area contributed by atoms with Gasteiger partial charge in [0.25, 0.3) is 5.91 Å². The van der Waals surface area contributed by atoms with Crippen LogP contribution in [0, 0.1) is 0 Å². The molecule has 0 fully saturated rings. The van der Waals surface area contributed by atoms with Gasteiger partial charge in [0.15, 0.2) is 0 Å². The molecule has 4 heteroatoms. The molecule has 0 saturated heterocycles. The lowest BCUT2D eigenvalue weighted by Gasteiger charge is -2.08. The van der Waals surface area contributed by atoms with Crippen LogP contribution in [0.15, 0.2) is 60.9 Å². The molecule has 0 atom stereocenters. The molecule has 1 N–H and O–H groups in total. The van der Waals surface area contributed by atoms with Crippen LogP contribution >= 0.6 is 0 Å². The Bertz CT molecular complexity index is 1040. The SMILES string of the molecule is Cn1ccc2cc(C(=O)Nc3cccc4c3ccn4C)ccc21. The minimum absolute atomic E-state index is 0.0906. The molecular weight excluding hydrogens is 286 g/mol. The van der Waals surface area contributed by atoms with Gasteiger partial charge >= 0.3 is 0 Å². The largest absolute Gasteiger partial charge is 0.351 e. The van der Waals surface area contributed by atoms with Crippen LogP contribution in [0.1, 0.15) is 10.4 Å². The molecule has 2 aromatic carbocycles. The number of nitrogens with zero attached hydrogens (tertiary/aromatic N) is 2. The fourth-order valence-electron chi connectivity index (χ4n) is 3.03. The number of hydrogen-bond donors (Lipinski definition) is 1. The van der Waals surface area contributed by atoms with Crippen molar-refractivity contribution in [3.05, 3.63) is 66.5 Å². The van der Waals surface area contributed by atoms with Crippen LogP contribution in [0.5, 0.6) is 0 Å². The van der Waals surface area contributed by atoms with Crippen LogP contribution in [-0.2, 0) is 14.1 Å². The Morgan fingerprint density at radius 3 is 2.57 bits per heavy atom. The molecule has 2 heterocycles. The molecule has 0 aliphatic carbocycles. The number of aromatic nitrogens is 2. The minimum Gasteiger partial charge on any atom is -0.351 e. The van der Waals surface area contributed by atoms with E-state index in [4.69, 9.17) is 0 Å². The van der Waals surface area contributed by atoms with Crippen molar-refractivity contribution in [2.45, 2.75) is 0 Å². The molecule has 0 radical (unpaired) electrons. The molecule has 0 bridgehead atoms. The second-order valence-electron chi connectivity index (χ2n) is 5.82. The number of nitrogens with one attached hydrogen (secondary N) is 1. The fourth-order valence-corrected chi connectivity index (χ4v) is 3.03. The maximum atomic E-state index is 12.6. The molecule has 0 unspecified atom stereocenters. The highest BCUT2D eigenvalue weighted by Gasteiger charge is 2.10. The third-order valence-electron chi connectivity index (χ3n) is 4.32. The first-order valence-corrected chi connectivity index (χ1v) is 7.54.